The van der Waals surface area contributed by atoms with E-state index in [1.54, 1.807) is 6.07 Å². The molecule has 0 unspecified atom stereocenters. The number of aromatic hydroxyl groups is 1. The van der Waals surface area contributed by atoms with Crippen LogP contribution in [-0.2, 0) is 22.7 Å². The first-order valence-corrected chi connectivity index (χ1v) is 8.35. The van der Waals surface area contributed by atoms with Gasteiger partial charge in [-0.3, -0.25) is 9.69 Å². The average molecular weight is 397 g/mol. The van der Waals surface area contributed by atoms with Crippen molar-refractivity contribution in [1.82, 2.24) is 10.2 Å². The summed E-state index contributed by atoms with van der Waals surface area (Å²) in [6.07, 6.45) is 0. The fourth-order valence-corrected chi connectivity index (χ4v) is 3.33. The molecule has 1 aliphatic rings. The summed E-state index contributed by atoms with van der Waals surface area (Å²) < 4.78 is 10.7. The molecule has 0 radical (unpaired) electrons. The lowest BCUT2D eigenvalue weighted by atomic mass is 10.0. The number of carbonyl (C=O) groups excluding carboxylic acids is 1. The van der Waals surface area contributed by atoms with Crippen LogP contribution in [0, 0.1) is 0 Å². The third-order valence-corrected chi connectivity index (χ3v) is 4.65. The Morgan fingerprint density at radius 2 is 2.12 bits per heavy atom. The highest BCUT2D eigenvalue weighted by Gasteiger charge is 2.20. The zero-order valence-electron chi connectivity index (χ0n) is 12.9. The first-order chi connectivity index (χ1) is 11.6. The minimum absolute atomic E-state index is 0.0319. The molecule has 24 heavy (non-hydrogen) atoms. The summed E-state index contributed by atoms with van der Waals surface area (Å²) in [6.45, 7) is 4.18. The molecule has 8 heteroatoms. The lowest BCUT2D eigenvalue weighted by Gasteiger charge is -2.27. The predicted octanol–water partition coefficient (Wildman–Crippen LogP) is 1.34. The molecule has 1 saturated heterocycles. The summed E-state index contributed by atoms with van der Waals surface area (Å²) in [7, 11) is 0. The second kappa shape index (κ2) is 7.33. The highest BCUT2D eigenvalue weighted by Crippen LogP contribution is 2.36. The van der Waals surface area contributed by atoms with Crippen LogP contribution in [0.1, 0.15) is 11.1 Å². The molecule has 3 rings (SSSR count). The molecule has 2 aromatic rings. The van der Waals surface area contributed by atoms with Gasteiger partial charge < -0.3 is 19.6 Å². The molecule has 2 N–H and O–H groups in total. The number of benzene rings is 1. The van der Waals surface area contributed by atoms with E-state index >= 15 is 0 Å². The quantitative estimate of drug-likeness (QED) is 0.581. The standard InChI is InChI=1S/C16H17BrN2O5/c17-13-6-11-10(8-23-9-20)5-14(21)24-16(11)12(15(13)22)7-19-3-1-18-2-4-19/h5-6,9,18,22H,1-4,7-8H2. The van der Waals surface area contributed by atoms with E-state index in [-0.39, 0.29) is 12.4 Å². The van der Waals surface area contributed by atoms with Gasteiger partial charge in [0.2, 0.25) is 0 Å². The second-order valence-electron chi connectivity index (χ2n) is 5.59. The molecule has 0 amide bonds. The van der Waals surface area contributed by atoms with E-state index in [9.17, 15) is 14.7 Å². The molecule has 0 bridgehead atoms. The summed E-state index contributed by atoms with van der Waals surface area (Å²) in [5, 5.41) is 14.3. The van der Waals surface area contributed by atoms with Gasteiger partial charge in [0, 0.05) is 49.7 Å². The van der Waals surface area contributed by atoms with E-state index in [2.05, 4.69) is 26.1 Å². The van der Waals surface area contributed by atoms with Crippen molar-refractivity contribution in [2.75, 3.05) is 26.2 Å². The van der Waals surface area contributed by atoms with Crippen LogP contribution in [0.4, 0.5) is 0 Å². The van der Waals surface area contributed by atoms with Crippen LogP contribution in [-0.4, -0.2) is 42.7 Å². The topological polar surface area (TPSA) is 92.0 Å². The van der Waals surface area contributed by atoms with Crippen molar-refractivity contribution < 1.29 is 19.1 Å². The molecule has 1 aromatic heterocycles. The first-order valence-electron chi connectivity index (χ1n) is 7.55. The third kappa shape index (κ3) is 3.45. The molecule has 0 aliphatic carbocycles. The number of carbonyl (C=O) groups is 1. The SMILES string of the molecule is O=COCc1cc(=O)oc2c(CN3CCNCC3)c(O)c(Br)cc12. The van der Waals surface area contributed by atoms with Crippen LogP contribution in [0.5, 0.6) is 5.75 Å². The van der Waals surface area contributed by atoms with Gasteiger partial charge in [0.1, 0.15) is 17.9 Å². The van der Waals surface area contributed by atoms with Crippen molar-refractivity contribution in [3.8, 4) is 5.75 Å². The van der Waals surface area contributed by atoms with Crippen molar-refractivity contribution in [1.29, 1.82) is 0 Å². The maximum atomic E-state index is 11.9. The average Bonchev–Trinajstić information content (AvgIpc) is 2.58. The van der Waals surface area contributed by atoms with Gasteiger partial charge in [-0.15, -0.1) is 0 Å². The molecule has 0 atom stereocenters. The maximum Gasteiger partial charge on any atom is 0.336 e. The third-order valence-electron chi connectivity index (χ3n) is 4.04. The van der Waals surface area contributed by atoms with Crippen LogP contribution >= 0.6 is 15.9 Å². The number of nitrogens with zero attached hydrogens (tertiary/aromatic N) is 1. The van der Waals surface area contributed by atoms with Crippen LogP contribution in [0.25, 0.3) is 11.0 Å². The Morgan fingerprint density at radius 3 is 2.83 bits per heavy atom. The van der Waals surface area contributed by atoms with E-state index < -0.39 is 5.63 Å². The van der Waals surface area contributed by atoms with Crippen molar-refractivity contribution >= 4 is 33.4 Å². The fraction of sp³-hybridized carbons (Fsp3) is 0.375. The van der Waals surface area contributed by atoms with Crippen LogP contribution in [0.3, 0.4) is 0 Å². The zero-order valence-corrected chi connectivity index (χ0v) is 14.5. The molecule has 128 valence electrons. The van der Waals surface area contributed by atoms with Gasteiger partial charge in [-0.25, -0.2) is 4.79 Å². The monoisotopic (exact) mass is 396 g/mol. The van der Waals surface area contributed by atoms with Gasteiger partial charge in [-0.05, 0) is 22.0 Å². The number of hydrogen-bond acceptors (Lipinski definition) is 7. The summed E-state index contributed by atoms with van der Waals surface area (Å²) in [5.41, 5.74) is 0.864. The van der Waals surface area contributed by atoms with Gasteiger partial charge in [0.15, 0.2) is 0 Å². The Morgan fingerprint density at radius 1 is 1.38 bits per heavy atom. The molecule has 1 aromatic carbocycles. The number of halogens is 1. The molecule has 1 aliphatic heterocycles. The van der Waals surface area contributed by atoms with Gasteiger partial charge in [-0.1, -0.05) is 0 Å². The molecule has 1 fully saturated rings. The fourth-order valence-electron chi connectivity index (χ4n) is 2.86. The molecular formula is C16H17BrN2O5. The van der Waals surface area contributed by atoms with Crippen molar-refractivity contribution in [2.45, 2.75) is 13.2 Å². The van der Waals surface area contributed by atoms with Crippen LogP contribution < -0.4 is 10.9 Å². The van der Waals surface area contributed by atoms with E-state index in [0.29, 0.717) is 39.6 Å². The highest BCUT2D eigenvalue weighted by molar-refractivity contribution is 9.10. The van der Waals surface area contributed by atoms with Gasteiger partial charge in [0.05, 0.1) is 10.0 Å². The van der Waals surface area contributed by atoms with Crippen molar-refractivity contribution in [3.63, 3.8) is 0 Å². The predicted molar refractivity (Wildman–Crippen MR) is 90.8 cm³/mol. The number of nitrogens with one attached hydrogen (secondary N) is 1. The normalized spacial score (nSPS) is 15.5. The number of fused-ring (bicyclic) bond motifs is 1. The number of phenolic OH excluding ortho intramolecular Hbond substituents is 1. The summed E-state index contributed by atoms with van der Waals surface area (Å²) >= 11 is 3.34. The minimum atomic E-state index is -0.546. The molecule has 7 nitrogen and oxygen atoms in total. The highest BCUT2D eigenvalue weighted by atomic mass is 79.9. The van der Waals surface area contributed by atoms with E-state index in [0.717, 1.165) is 26.2 Å². The van der Waals surface area contributed by atoms with Gasteiger partial charge >= 0.3 is 5.63 Å². The Hall–Kier alpha value is -1.90. The Kier molecular flexibility index (Phi) is 5.17. The summed E-state index contributed by atoms with van der Waals surface area (Å²) in [6, 6.07) is 2.96. The first kappa shape index (κ1) is 16.9. The lowest BCUT2D eigenvalue weighted by molar-refractivity contribution is -0.129. The number of ether oxygens (including phenoxy) is 1. The molecule has 0 saturated carbocycles. The molecule has 2 heterocycles. The van der Waals surface area contributed by atoms with E-state index in [1.165, 1.54) is 6.07 Å². The van der Waals surface area contributed by atoms with E-state index in [1.807, 2.05) is 0 Å². The Balaban J connectivity index is 2.11. The summed E-state index contributed by atoms with van der Waals surface area (Å²) in [5.74, 6) is 0.0534. The van der Waals surface area contributed by atoms with Crippen molar-refractivity contribution in [2.24, 2.45) is 0 Å². The van der Waals surface area contributed by atoms with E-state index in [4.69, 9.17) is 9.15 Å². The Labute approximate surface area is 146 Å². The van der Waals surface area contributed by atoms with Crippen LogP contribution in [0.15, 0.2) is 25.8 Å². The van der Waals surface area contributed by atoms with Gasteiger partial charge in [-0.2, -0.15) is 0 Å². The maximum absolute atomic E-state index is 11.9. The van der Waals surface area contributed by atoms with Gasteiger partial charge in [0.25, 0.3) is 6.47 Å². The zero-order chi connectivity index (χ0) is 17.1. The Bertz CT molecular complexity index is 814. The van der Waals surface area contributed by atoms with Crippen molar-refractivity contribution in [3.05, 3.63) is 38.2 Å². The largest absolute Gasteiger partial charge is 0.506 e. The number of phenols is 1. The number of hydrogen-bond donors (Lipinski definition) is 2. The van der Waals surface area contributed by atoms with Crippen LogP contribution in [0.2, 0.25) is 0 Å². The second-order valence-corrected chi connectivity index (χ2v) is 6.44. The minimum Gasteiger partial charge on any atom is -0.506 e. The lowest BCUT2D eigenvalue weighted by Crippen LogP contribution is -2.42. The molecule has 0 spiro atoms. The molecular weight excluding hydrogens is 380 g/mol. The summed E-state index contributed by atoms with van der Waals surface area (Å²) in [4.78, 5) is 24.5. The smallest absolute Gasteiger partial charge is 0.336 e. The number of piperazine rings is 1. The number of rotatable bonds is 5.